The Bertz CT molecular complexity index is 1300. The molecule has 0 aliphatic carbocycles. The quantitative estimate of drug-likeness (QED) is 0.378. The van der Waals surface area contributed by atoms with Crippen molar-refractivity contribution in [1.29, 1.82) is 0 Å². The maximum atomic E-state index is 12.9. The Morgan fingerprint density at radius 2 is 1.63 bits per heavy atom. The zero-order valence-corrected chi connectivity index (χ0v) is 19.1. The second-order valence-corrected chi connectivity index (χ2v) is 8.14. The highest BCUT2D eigenvalue weighted by molar-refractivity contribution is 5.97. The normalized spacial score (nSPS) is 13.6. The fraction of sp³-hybridized carbons (Fsp3) is 0.222. The molecule has 0 atom stereocenters. The summed E-state index contributed by atoms with van der Waals surface area (Å²) >= 11 is 0. The van der Waals surface area contributed by atoms with E-state index in [9.17, 15) is 9.59 Å². The van der Waals surface area contributed by atoms with Gasteiger partial charge in [-0.15, -0.1) is 0 Å². The maximum Gasteiger partial charge on any atom is 0.375 e. The lowest BCUT2D eigenvalue weighted by Crippen LogP contribution is -2.50. The number of piperazine rings is 1. The standard InChI is InChI=1S/C27H25N3O5/c31-25(30-16-14-29(15-17-30)24-12-6-7-13-28-24)19-34-27(32)26-22(18-33-20-8-2-1-3-9-20)21-10-4-5-11-23(21)35-26/h1-13H,14-19H2. The smallest absolute Gasteiger partial charge is 0.375 e. The van der Waals surface area contributed by atoms with Crippen molar-refractivity contribution in [3.05, 3.63) is 90.3 Å². The molecule has 8 heteroatoms. The van der Waals surface area contributed by atoms with Crippen LogP contribution in [0.2, 0.25) is 0 Å². The average Bonchev–Trinajstić information content (AvgIpc) is 3.30. The number of ether oxygens (including phenoxy) is 2. The number of esters is 1. The van der Waals surface area contributed by atoms with Gasteiger partial charge in [-0.1, -0.05) is 42.5 Å². The van der Waals surface area contributed by atoms with Crippen LogP contribution in [0.1, 0.15) is 16.1 Å². The Balaban J connectivity index is 1.21. The molecule has 0 N–H and O–H groups in total. The van der Waals surface area contributed by atoms with Crippen LogP contribution >= 0.6 is 0 Å². The predicted molar refractivity (Wildman–Crippen MR) is 130 cm³/mol. The van der Waals surface area contributed by atoms with Gasteiger partial charge in [-0.25, -0.2) is 9.78 Å². The third kappa shape index (κ3) is 5.11. The lowest BCUT2D eigenvalue weighted by atomic mass is 10.1. The number of carbonyl (C=O) groups is 2. The highest BCUT2D eigenvalue weighted by atomic mass is 16.5. The molecule has 1 saturated heterocycles. The second-order valence-electron chi connectivity index (χ2n) is 8.14. The molecule has 1 aliphatic heterocycles. The molecule has 8 nitrogen and oxygen atoms in total. The number of furan rings is 1. The van der Waals surface area contributed by atoms with Crippen molar-refractivity contribution in [1.82, 2.24) is 9.88 Å². The number of anilines is 1. The molecule has 0 bridgehead atoms. The van der Waals surface area contributed by atoms with Crippen molar-refractivity contribution < 1.29 is 23.5 Å². The van der Waals surface area contributed by atoms with E-state index in [4.69, 9.17) is 13.9 Å². The summed E-state index contributed by atoms with van der Waals surface area (Å²) in [5.41, 5.74) is 1.15. The van der Waals surface area contributed by atoms with Gasteiger partial charge in [0.05, 0.1) is 5.56 Å². The minimum atomic E-state index is -0.687. The highest BCUT2D eigenvalue weighted by Crippen LogP contribution is 2.28. The van der Waals surface area contributed by atoms with Gasteiger partial charge in [-0.2, -0.15) is 0 Å². The molecule has 178 valence electrons. The molecule has 0 spiro atoms. The van der Waals surface area contributed by atoms with Crippen molar-refractivity contribution in [2.24, 2.45) is 0 Å². The Morgan fingerprint density at radius 1 is 0.886 bits per heavy atom. The number of pyridine rings is 1. The summed E-state index contributed by atoms with van der Waals surface area (Å²) in [6, 6.07) is 22.4. The first-order chi connectivity index (χ1) is 17.2. The molecule has 0 radical (unpaired) electrons. The number of benzene rings is 2. The van der Waals surface area contributed by atoms with Crippen LogP contribution in [0.4, 0.5) is 5.82 Å². The molecule has 1 amide bonds. The molecule has 4 aromatic rings. The Hall–Kier alpha value is -4.33. The van der Waals surface area contributed by atoms with Crippen LogP contribution in [0.5, 0.6) is 5.75 Å². The maximum absolute atomic E-state index is 12.9. The third-order valence-corrected chi connectivity index (χ3v) is 5.94. The minimum absolute atomic E-state index is 0.0508. The topological polar surface area (TPSA) is 85.1 Å². The first-order valence-electron chi connectivity index (χ1n) is 11.5. The summed E-state index contributed by atoms with van der Waals surface area (Å²) in [6.45, 7) is 2.19. The average molecular weight is 472 g/mol. The molecule has 0 saturated carbocycles. The monoisotopic (exact) mass is 471 g/mol. The molecule has 3 heterocycles. The first-order valence-corrected chi connectivity index (χ1v) is 11.5. The number of para-hydroxylation sites is 2. The van der Waals surface area contributed by atoms with Crippen LogP contribution < -0.4 is 9.64 Å². The lowest BCUT2D eigenvalue weighted by Gasteiger charge is -2.35. The number of fused-ring (bicyclic) bond motifs is 1. The number of hydrogen-bond donors (Lipinski definition) is 0. The predicted octanol–water partition coefficient (Wildman–Crippen LogP) is 3.91. The summed E-state index contributed by atoms with van der Waals surface area (Å²) in [5, 5.41) is 0.771. The van der Waals surface area contributed by atoms with Gasteiger partial charge >= 0.3 is 5.97 Å². The van der Waals surface area contributed by atoms with Gasteiger partial charge in [-0.05, 0) is 30.3 Å². The molecule has 2 aromatic carbocycles. The number of amides is 1. The largest absolute Gasteiger partial charge is 0.489 e. The van der Waals surface area contributed by atoms with Crippen molar-refractivity contribution in [3.8, 4) is 5.75 Å². The summed E-state index contributed by atoms with van der Waals surface area (Å²) in [6.07, 6.45) is 1.75. The zero-order chi connectivity index (χ0) is 24.0. The van der Waals surface area contributed by atoms with E-state index in [0.717, 1.165) is 11.2 Å². The highest BCUT2D eigenvalue weighted by Gasteiger charge is 2.26. The molecule has 1 aliphatic rings. The van der Waals surface area contributed by atoms with E-state index in [1.54, 1.807) is 17.2 Å². The van der Waals surface area contributed by atoms with Gasteiger partial charge in [0.15, 0.2) is 6.61 Å². The van der Waals surface area contributed by atoms with Crippen molar-refractivity contribution in [2.45, 2.75) is 6.61 Å². The second kappa shape index (κ2) is 10.3. The van der Waals surface area contributed by atoms with E-state index in [1.165, 1.54) is 0 Å². The van der Waals surface area contributed by atoms with Crippen LogP contribution in [0.15, 0.2) is 83.4 Å². The van der Waals surface area contributed by atoms with Crippen LogP contribution in [0.25, 0.3) is 11.0 Å². The molecule has 1 fully saturated rings. The summed E-state index contributed by atoms with van der Waals surface area (Å²) in [4.78, 5) is 33.8. The van der Waals surface area contributed by atoms with Crippen LogP contribution in [0.3, 0.4) is 0 Å². The van der Waals surface area contributed by atoms with Gasteiger partial charge < -0.3 is 23.7 Å². The summed E-state index contributed by atoms with van der Waals surface area (Å²) in [7, 11) is 0. The number of nitrogens with zero attached hydrogens (tertiary/aromatic N) is 3. The zero-order valence-electron chi connectivity index (χ0n) is 19.1. The lowest BCUT2D eigenvalue weighted by molar-refractivity contribution is -0.134. The molecular weight excluding hydrogens is 446 g/mol. The Morgan fingerprint density at radius 3 is 2.40 bits per heavy atom. The summed E-state index contributed by atoms with van der Waals surface area (Å²) < 4.78 is 17.0. The minimum Gasteiger partial charge on any atom is -0.489 e. The van der Waals surface area contributed by atoms with Gasteiger partial charge in [0.25, 0.3) is 5.91 Å². The van der Waals surface area contributed by atoms with E-state index in [0.29, 0.717) is 43.1 Å². The Labute approximate surface area is 202 Å². The fourth-order valence-electron chi connectivity index (χ4n) is 4.09. The van der Waals surface area contributed by atoms with Gasteiger partial charge in [0, 0.05) is 37.8 Å². The van der Waals surface area contributed by atoms with E-state index in [1.807, 2.05) is 66.7 Å². The van der Waals surface area contributed by atoms with E-state index >= 15 is 0 Å². The van der Waals surface area contributed by atoms with Crippen molar-refractivity contribution in [3.63, 3.8) is 0 Å². The number of hydrogen-bond acceptors (Lipinski definition) is 7. The molecular formula is C27H25N3O5. The van der Waals surface area contributed by atoms with Crippen LogP contribution in [0, 0.1) is 0 Å². The van der Waals surface area contributed by atoms with E-state index in [-0.39, 0.29) is 24.9 Å². The van der Waals surface area contributed by atoms with Gasteiger partial charge in [0.2, 0.25) is 5.76 Å². The van der Waals surface area contributed by atoms with Gasteiger partial charge in [-0.3, -0.25) is 4.79 Å². The van der Waals surface area contributed by atoms with Crippen LogP contribution in [-0.4, -0.2) is 54.5 Å². The van der Waals surface area contributed by atoms with Gasteiger partial charge in [0.1, 0.15) is 23.8 Å². The molecule has 5 rings (SSSR count). The SMILES string of the molecule is O=C(OCC(=O)N1CCN(c2ccccn2)CC1)c1oc2ccccc2c1COc1ccccc1. The van der Waals surface area contributed by atoms with E-state index in [2.05, 4.69) is 9.88 Å². The van der Waals surface area contributed by atoms with Crippen molar-refractivity contribution in [2.75, 3.05) is 37.7 Å². The fourth-order valence-corrected chi connectivity index (χ4v) is 4.09. The molecule has 0 unspecified atom stereocenters. The molecule has 2 aromatic heterocycles. The molecule has 35 heavy (non-hydrogen) atoms. The number of rotatable bonds is 7. The van der Waals surface area contributed by atoms with Crippen molar-refractivity contribution >= 4 is 28.7 Å². The Kier molecular flexibility index (Phi) is 6.61. The van der Waals surface area contributed by atoms with E-state index < -0.39 is 5.97 Å². The first kappa shape index (κ1) is 22.5. The third-order valence-electron chi connectivity index (χ3n) is 5.94. The number of carbonyl (C=O) groups excluding carboxylic acids is 2. The number of aromatic nitrogens is 1. The van der Waals surface area contributed by atoms with Crippen LogP contribution in [-0.2, 0) is 16.1 Å². The summed E-state index contributed by atoms with van der Waals surface area (Å²) in [5.74, 6) is 0.693.